The smallest absolute Gasteiger partial charge is 0.167 e. The van der Waals surface area contributed by atoms with E-state index in [1.54, 1.807) is 0 Å². The number of hydrogen-bond acceptors (Lipinski definition) is 5. The normalized spacial score (nSPS) is 38.8. The van der Waals surface area contributed by atoms with Crippen LogP contribution >= 0.6 is 0 Å². The van der Waals surface area contributed by atoms with Gasteiger partial charge in [0.2, 0.25) is 0 Å². The molecular formula is C21H38O5. The van der Waals surface area contributed by atoms with Gasteiger partial charge in [0.25, 0.3) is 0 Å². The molecule has 0 aliphatic carbocycles. The topological polar surface area (TPSA) is 79.3 Å². The first-order chi connectivity index (χ1) is 12.1. The van der Waals surface area contributed by atoms with Crippen LogP contribution in [0.15, 0.2) is 0 Å². The highest BCUT2D eigenvalue weighted by Crippen LogP contribution is 2.44. The maximum absolute atomic E-state index is 12.6. The third-order valence-electron chi connectivity index (χ3n) is 6.78. The molecule has 2 saturated heterocycles. The van der Waals surface area contributed by atoms with Crippen molar-refractivity contribution >= 4 is 5.78 Å². The summed E-state index contributed by atoms with van der Waals surface area (Å²) in [6.45, 7) is 10.9. The van der Waals surface area contributed by atoms with Crippen molar-refractivity contribution in [1.82, 2.24) is 0 Å². The summed E-state index contributed by atoms with van der Waals surface area (Å²) in [5.41, 5.74) is -0.852. The average Bonchev–Trinajstić information content (AvgIpc) is 3.31. The van der Waals surface area contributed by atoms with Crippen molar-refractivity contribution < 1.29 is 24.5 Å². The predicted molar refractivity (Wildman–Crippen MR) is 101 cm³/mol. The molecule has 0 saturated carbocycles. The lowest BCUT2D eigenvalue weighted by Gasteiger charge is -2.33. The molecule has 0 spiro atoms. The monoisotopic (exact) mass is 370 g/mol. The van der Waals surface area contributed by atoms with Crippen LogP contribution in [0.5, 0.6) is 0 Å². The van der Waals surface area contributed by atoms with Gasteiger partial charge in [0.15, 0.2) is 5.78 Å². The average molecular weight is 371 g/mol. The van der Waals surface area contributed by atoms with E-state index in [4.69, 9.17) is 14.6 Å². The summed E-state index contributed by atoms with van der Waals surface area (Å²) in [5.74, 6) is 0.826. The molecule has 0 radical (unpaired) electrons. The molecule has 2 aliphatic rings. The summed E-state index contributed by atoms with van der Waals surface area (Å²) in [6.07, 6.45) is 3.95. The van der Waals surface area contributed by atoms with Gasteiger partial charge < -0.3 is 19.7 Å². The second-order valence-electron chi connectivity index (χ2n) is 9.13. The van der Waals surface area contributed by atoms with Gasteiger partial charge in [-0.2, -0.15) is 0 Å². The molecule has 2 aliphatic heterocycles. The zero-order valence-electron chi connectivity index (χ0n) is 17.2. The second-order valence-corrected chi connectivity index (χ2v) is 9.13. The van der Waals surface area contributed by atoms with Crippen molar-refractivity contribution in [3.63, 3.8) is 0 Å². The first-order valence-electron chi connectivity index (χ1n) is 10.3. The van der Waals surface area contributed by atoms with E-state index >= 15 is 0 Å². The van der Waals surface area contributed by atoms with Gasteiger partial charge in [-0.25, -0.2) is 0 Å². The Bertz CT molecular complexity index is 479. The number of Topliss-reactive ketones (excluding diaryl/α,β-unsaturated/α-hetero) is 1. The van der Waals surface area contributed by atoms with E-state index in [1.165, 1.54) is 0 Å². The lowest BCUT2D eigenvalue weighted by molar-refractivity contribution is -0.125. The largest absolute Gasteiger partial charge is 0.396 e. The van der Waals surface area contributed by atoms with Gasteiger partial charge >= 0.3 is 0 Å². The summed E-state index contributed by atoms with van der Waals surface area (Å²) in [7, 11) is 0. The number of carbonyl (C=O) groups is 1. The summed E-state index contributed by atoms with van der Waals surface area (Å²) in [5, 5.41) is 19.6. The summed E-state index contributed by atoms with van der Waals surface area (Å²) < 4.78 is 11.8. The van der Waals surface area contributed by atoms with Crippen LogP contribution in [-0.2, 0) is 14.3 Å². The van der Waals surface area contributed by atoms with Crippen LogP contribution in [0, 0.1) is 17.8 Å². The molecule has 5 unspecified atom stereocenters. The molecule has 0 aromatic carbocycles. The van der Waals surface area contributed by atoms with E-state index in [9.17, 15) is 9.90 Å². The SMILES string of the molecule is CC(CCCC1(C)OCC(CCO)CC[C@H]1O)C(=O)C1OC1(C)C(C)C. The molecule has 6 atom stereocenters. The van der Waals surface area contributed by atoms with E-state index in [0.29, 0.717) is 24.9 Å². The highest BCUT2D eigenvalue weighted by Gasteiger charge is 2.58. The molecule has 26 heavy (non-hydrogen) atoms. The number of rotatable bonds is 9. The third-order valence-corrected chi connectivity index (χ3v) is 6.78. The quantitative estimate of drug-likeness (QED) is 0.610. The number of aliphatic hydroxyl groups excluding tert-OH is 2. The van der Waals surface area contributed by atoms with Gasteiger partial charge in [-0.1, -0.05) is 20.8 Å². The van der Waals surface area contributed by atoms with E-state index < -0.39 is 11.7 Å². The Balaban J connectivity index is 1.80. The zero-order valence-corrected chi connectivity index (χ0v) is 17.2. The minimum Gasteiger partial charge on any atom is -0.396 e. The number of aliphatic hydroxyl groups is 2. The predicted octanol–water partition coefficient (Wildman–Crippen LogP) is 3.10. The lowest BCUT2D eigenvalue weighted by Crippen LogP contribution is -2.41. The Morgan fingerprint density at radius 3 is 2.50 bits per heavy atom. The van der Waals surface area contributed by atoms with Crippen molar-refractivity contribution in [1.29, 1.82) is 0 Å². The highest BCUT2D eigenvalue weighted by atomic mass is 16.6. The van der Waals surface area contributed by atoms with Crippen molar-refractivity contribution in [2.75, 3.05) is 13.2 Å². The Morgan fingerprint density at radius 2 is 1.92 bits per heavy atom. The van der Waals surface area contributed by atoms with Crippen molar-refractivity contribution in [3.05, 3.63) is 0 Å². The Kier molecular flexibility index (Phi) is 7.28. The molecule has 152 valence electrons. The van der Waals surface area contributed by atoms with Crippen LogP contribution in [-0.4, -0.2) is 52.6 Å². The van der Waals surface area contributed by atoms with E-state index in [1.807, 2.05) is 20.8 Å². The first-order valence-corrected chi connectivity index (χ1v) is 10.3. The van der Waals surface area contributed by atoms with Crippen LogP contribution in [0.2, 0.25) is 0 Å². The van der Waals surface area contributed by atoms with Crippen LogP contribution in [0.25, 0.3) is 0 Å². The number of ether oxygens (including phenoxy) is 2. The third kappa shape index (κ3) is 4.86. The molecule has 5 nitrogen and oxygen atoms in total. The fourth-order valence-corrected chi connectivity index (χ4v) is 3.99. The molecule has 2 fully saturated rings. The fourth-order valence-electron chi connectivity index (χ4n) is 3.99. The minimum atomic E-state index is -0.560. The van der Waals surface area contributed by atoms with Crippen molar-refractivity contribution in [2.45, 2.75) is 96.6 Å². The molecular weight excluding hydrogens is 332 g/mol. The Hall–Kier alpha value is -0.490. The highest BCUT2D eigenvalue weighted by molar-refractivity contribution is 5.88. The van der Waals surface area contributed by atoms with Crippen LogP contribution in [0.4, 0.5) is 0 Å². The van der Waals surface area contributed by atoms with Gasteiger partial charge in [-0.05, 0) is 64.2 Å². The number of carbonyl (C=O) groups excluding carboxylic acids is 1. The Morgan fingerprint density at radius 1 is 1.23 bits per heavy atom. The maximum atomic E-state index is 12.6. The summed E-state index contributed by atoms with van der Waals surface area (Å²) >= 11 is 0. The maximum Gasteiger partial charge on any atom is 0.167 e. The molecule has 0 aromatic heterocycles. The number of epoxide rings is 1. The van der Waals surface area contributed by atoms with Gasteiger partial charge in [-0.15, -0.1) is 0 Å². The van der Waals surface area contributed by atoms with Crippen molar-refractivity contribution in [2.24, 2.45) is 17.8 Å². The second kappa shape index (κ2) is 8.68. The number of hydrogen-bond donors (Lipinski definition) is 2. The fraction of sp³-hybridized carbons (Fsp3) is 0.952. The molecule has 0 bridgehead atoms. The summed E-state index contributed by atoms with van der Waals surface area (Å²) in [6, 6.07) is 0. The first kappa shape index (κ1) is 21.8. The van der Waals surface area contributed by atoms with Crippen LogP contribution in [0.1, 0.15) is 73.1 Å². The number of ketones is 1. The zero-order chi connectivity index (χ0) is 19.5. The van der Waals surface area contributed by atoms with E-state index in [-0.39, 0.29) is 30.0 Å². The molecule has 5 heteroatoms. The Labute approximate surface area is 158 Å². The van der Waals surface area contributed by atoms with Gasteiger partial charge in [-0.3, -0.25) is 4.79 Å². The van der Waals surface area contributed by atoms with Crippen molar-refractivity contribution in [3.8, 4) is 0 Å². The molecule has 0 aromatic rings. The molecule has 0 amide bonds. The molecule has 2 heterocycles. The summed E-state index contributed by atoms with van der Waals surface area (Å²) in [4.78, 5) is 12.6. The molecule has 2 rings (SSSR count). The van der Waals surface area contributed by atoms with Gasteiger partial charge in [0.05, 0.1) is 18.3 Å². The van der Waals surface area contributed by atoms with Crippen LogP contribution in [0.3, 0.4) is 0 Å². The van der Waals surface area contributed by atoms with E-state index in [2.05, 4.69) is 13.8 Å². The standard InChI is InChI=1S/C21H38O5/c1-14(2)21(5)19(26-21)18(24)15(3)7-6-11-20(4)17(23)9-8-16(10-12-22)13-25-20/h14-17,19,22-23H,6-13H2,1-5H3/t15?,16?,17-,19?,20?,21?/m1/s1. The van der Waals surface area contributed by atoms with Crippen LogP contribution < -0.4 is 0 Å². The van der Waals surface area contributed by atoms with E-state index in [0.717, 1.165) is 32.1 Å². The minimum absolute atomic E-state index is 0.0331. The van der Waals surface area contributed by atoms with Gasteiger partial charge in [0, 0.05) is 12.5 Å². The molecule has 2 N–H and O–H groups in total. The lowest BCUT2D eigenvalue weighted by atomic mass is 9.85. The van der Waals surface area contributed by atoms with Gasteiger partial charge in [0.1, 0.15) is 11.7 Å².